The predicted molar refractivity (Wildman–Crippen MR) is 120 cm³/mol. The summed E-state index contributed by atoms with van der Waals surface area (Å²) >= 11 is 1.23. The van der Waals surface area contributed by atoms with Crippen LogP contribution in [0.25, 0.3) is 0 Å². The normalized spacial score (nSPS) is 10.6. The van der Waals surface area contributed by atoms with Gasteiger partial charge in [-0.25, -0.2) is 0 Å². The summed E-state index contributed by atoms with van der Waals surface area (Å²) in [5.41, 5.74) is 1.52. The highest BCUT2D eigenvalue weighted by molar-refractivity contribution is 7.99. The van der Waals surface area contributed by atoms with Gasteiger partial charge in [-0.3, -0.25) is 14.9 Å². The highest BCUT2D eigenvalue weighted by Crippen LogP contribution is 2.29. The minimum Gasteiger partial charge on any atom is -0.490 e. The number of nitro benzene ring substituents is 1. The third-order valence-electron chi connectivity index (χ3n) is 4.38. The van der Waals surface area contributed by atoms with E-state index < -0.39 is 4.92 Å². The summed E-state index contributed by atoms with van der Waals surface area (Å²) in [5.74, 6) is 1.75. The number of aryl methyl sites for hydroxylation is 1. The average molecular weight is 458 g/mol. The lowest BCUT2D eigenvalue weighted by Crippen LogP contribution is -2.14. The van der Waals surface area contributed by atoms with E-state index in [-0.39, 0.29) is 24.0 Å². The first-order valence-electron chi connectivity index (χ1n) is 9.79. The number of anilines is 1. The first-order valence-corrected chi connectivity index (χ1v) is 10.8. The molecule has 0 aliphatic heterocycles. The summed E-state index contributed by atoms with van der Waals surface area (Å²) in [6.45, 7) is 4.63. The highest BCUT2D eigenvalue weighted by atomic mass is 32.2. The minimum absolute atomic E-state index is 0.0368. The number of aromatic nitrogens is 3. The largest absolute Gasteiger partial charge is 0.490 e. The van der Waals surface area contributed by atoms with E-state index in [9.17, 15) is 14.9 Å². The second-order valence-electron chi connectivity index (χ2n) is 6.77. The number of amides is 1. The van der Waals surface area contributed by atoms with Crippen LogP contribution in [0.4, 0.5) is 11.4 Å². The fraction of sp³-hybridized carbons (Fsp3) is 0.286. The van der Waals surface area contributed by atoms with Crippen LogP contribution in [0.2, 0.25) is 0 Å². The highest BCUT2D eigenvalue weighted by Gasteiger charge is 2.14. The Morgan fingerprint density at radius 1 is 1.16 bits per heavy atom. The number of non-ortho nitro benzene ring substituents is 1. The predicted octanol–water partition coefficient (Wildman–Crippen LogP) is 3.74. The van der Waals surface area contributed by atoms with Crippen molar-refractivity contribution in [2.75, 3.05) is 17.7 Å². The lowest BCUT2D eigenvalue weighted by Gasteiger charge is -2.12. The van der Waals surface area contributed by atoms with Gasteiger partial charge in [0.05, 0.1) is 17.3 Å². The van der Waals surface area contributed by atoms with Crippen molar-refractivity contribution in [3.05, 3.63) is 64.0 Å². The zero-order valence-electron chi connectivity index (χ0n) is 17.9. The Bertz CT molecular complexity index is 1100. The van der Waals surface area contributed by atoms with Crippen LogP contribution in [0.3, 0.4) is 0 Å². The van der Waals surface area contributed by atoms with Gasteiger partial charge < -0.3 is 19.4 Å². The number of rotatable bonds is 10. The molecule has 0 aliphatic rings. The van der Waals surface area contributed by atoms with E-state index in [4.69, 9.17) is 9.47 Å². The maximum Gasteiger partial charge on any atom is 0.269 e. The molecule has 1 heterocycles. The SMILES string of the molecule is CCOc1cc(C)ccc1OCc1nnc(SCC(=O)Nc2ccc([N+](=O)[O-])cc2)n1C. The number of thioether (sulfide) groups is 1. The van der Waals surface area contributed by atoms with Crippen molar-refractivity contribution >= 4 is 29.0 Å². The molecule has 168 valence electrons. The summed E-state index contributed by atoms with van der Waals surface area (Å²) in [4.78, 5) is 22.4. The molecule has 2 aromatic carbocycles. The zero-order chi connectivity index (χ0) is 23.1. The topological polar surface area (TPSA) is 121 Å². The van der Waals surface area contributed by atoms with Crippen LogP contribution in [0, 0.1) is 17.0 Å². The van der Waals surface area contributed by atoms with Gasteiger partial charge in [0.15, 0.2) is 22.5 Å². The van der Waals surface area contributed by atoms with Gasteiger partial charge >= 0.3 is 0 Å². The number of benzene rings is 2. The van der Waals surface area contributed by atoms with Gasteiger partial charge in [0.25, 0.3) is 5.69 Å². The fourth-order valence-electron chi connectivity index (χ4n) is 2.74. The molecule has 3 aromatic rings. The van der Waals surface area contributed by atoms with Crippen LogP contribution < -0.4 is 14.8 Å². The van der Waals surface area contributed by atoms with E-state index in [1.165, 1.54) is 36.0 Å². The number of nitro groups is 1. The summed E-state index contributed by atoms with van der Waals surface area (Å²) in [6.07, 6.45) is 0. The standard InChI is InChI=1S/C21H23N5O5S/c1-4-30-18-11-14(2)5-10-17(18)31-12-19-23-24-21(25(19)3)32-13-20(27)22-15-6-8-16(9-7-15)26(28)29/h5-11H,4,12-13H2,1-3H3,(H,22,27). The van der Waals surface area contributed by atoms with Crippen molar-refractivity contribution in [1.82, 2.24) is 14.8 Å². The Hall–Kier alpha value is -3.60. The molecule has 0 unspecified atom stereocenters. The molecule has 0 saturated carbocycles. The van der Waals surface area contributed by atoms with Gasteiger partial charge in [0.1, 0.15) is 6.61 Å². The Morgan fingerprint density at radius 2 is 1.91 bits per heavy atom. The third kappa shape index (κ3) is 5.97. The molecule has 32 heavy (non-hydrogen) atoms. The number of hydrogen-bond donors (Lipinski definition) is 1. The number of ether oxygens (including phenoxy) is 2. The Morgan fingerprint density at radius 3 is 2.59 bits per heavy atom. The van der Waals surface area contributed by atoms with E-state index in [1.54, 1.807) is 11.6 Å². The van der Waals surface area contributed by atoms with E-state index >= 15 is 0 Å². The number of nitrogens with one attached hydrogen (secondary N) is 1. The molecule has 0 fully saturated rings. The van der Waals surface area contributed by atoms with Crippen LogP contribution in [0.15, 0.2) is 47.6 Å². The van der Waals surface area contributed by atoms with Gasteiger partial charge in [-0.1, -0.05) is 17.8 Å². The Labute approximate surface area is 189 Å². The molecule has 0 atom stereocenters. The van der Waals surface area contributed by atoms with Crippen molar-refractivity contribution in [3.8, 4) is 11.5 Å². The first kappa shape index (κ1) is 23.1. The van der Waals surface area contributed by atoms with Gasteiger partial charge in [-0.15, -0.1) is 10.2 Å². The molecule has 10 nitrogen and oxygen atoms in total. The molecule has 11 heteroatoms. The number of carbonyl (C=O) groups excluding carboxylic acids is 1. The smallest absolute Gasteiger partial charge is 0.269 e. The Kier molecular flexibility index (Phi) is 7.66. The maximum atomic E-state index is 12.2. The quantitative estimate of drug-likeness (QED) is 0.278. The molecule has 0 aliphatic carbocycles. The van der Waals surface area contributed by atoms with Crippen molar-refractivity contribution in [2.24, 2.45) is 7.05 Å². The van der Waals surface area contributed by atoms with Gasteiger partial charge in [-0.05, 0) is 43.7 Å². The first-order chi connectivity index (χ1) is 15.4. The van der Waals surface area contributed by atoms with Crippen molar-refractivity contribution in [1.29, 1.82) is 0 Å². The average Bonchev–Trinajstić information content (AvgIpc) is 3.12. The van der Waals surface area contributed by atoms with E-state index in [1.807, 2.05) is 32.0 Å². The molecule has 0 bridgehead atoms. The van der Waals surface area contributed by atoms with Crippen LogP contribution in [-0.2, 0) is 18.4 Å². The lowest BCUT2D eigenvalue weighted by molar-refractivity contribution is -0.384. The molecular weight excluding hydrogens is 434 g/mol. The number of nitrogens with zero attached hydrogens (tertiary/aromatic N) is 4. The molecule has 3 rings (SSSR count). The van der Waals surface area contributed by atoms with Crippen LogP contribution in [0.5, 0.6) is 11.5 Å². The van der Waals surface area contributed by atoms with Crippen molar-refractivity contribution in [3.63, 3.8) is 0 Å². The van der Waals surface area contributed by atoms with Gasteiger partial charge in [0.2, 0.25) is 5.91 Å². The number of hydrogen-bond acceptors (Lipinski definition) is 8. The summed E-state index contributed by atoms with van der Waals surface area (Å²) in [7, 11) is 1.80. The van der Waals surface area contributed by atoms with Crippen LogP contribution >= 0.6 is 11.8 Å². The zero-order valence-corrected chi connectivity index (χ0v) is 18.7. The molecular formula is C21H23N5O5S. The maximum absolute atomic E-state index is 12.2. The van der Waals surface area contributed by atoms with Crippen LogP contribution in [0.1, 0.15) is 18.3 Å². The minimum atomic E-state index is -0.493. The van der Waals surface area contributed by atoms with E-state index in [0.29, 0.717) is 34.8 Å². The van der Waals surface area contributed by atoms with E-state index in [0.717, 1.165) is 5.56 Å². The monoisotopic (exact) mass is 457 g/mol. The lowest BCUT2D eigenvalue weighted by atomic mass is 10.2. The molecule has 1 aromatic heterocycles. The summed E-state index contributed by atoms with van der Waals surface area (Å²) < 4.78 is 13.3. The summed E-state index contributed by atoms with van der Waals surface area (Å²) in [5, 5.41) is 22.2. The molecule has 0 radical (unpaired) electrons. The third-order valence-corrected chi connectivity index (χ3v) is 5.40. The Balaban J connectivity index is 1.54. The summed E-state index contributed by atoms with van der Waals surface area (Å²) in [6, 6.07) is 11.4. The second kappa shape index (κ2) is 10.6. The van der Waals surface area contributed by atoms with Crippen LogP contribution in [-0.4, -0.2) is 38.0 Å². The fourth-order valence-corrected chi connectivity index (χ4v) is 3.47. The van der Waals surface area contributed by atoms with E-state index in [2.05, 4.69) is 15.5 Å². The van der Waals surface area contributed by atoms with Gasteiger partial charge in [0, 0.05) is 24.9 Å². The van der Waals surface area contributed by atoms with Crippen molar-refractivity contribution in [2.45, 2.75) is 25.6 Å². The molecule has 1 N–H and O–H groups in total. The van der Waals surface area contributed by atoms with Gasteiger partial charge in [-0.2, -0.15) is 0 Å². The molecule has 0 saturated heterocycles. The molecule has 0 spiro atoms. The number of carbonyl (C=O) groups is 1. The second-order valence-corrected chi connectivity index (χ2v) is 7.71. The molecule has 1 amide bonds. The van der Waals surface area contributed by atoms with Crippen molar-refractivity contribution < 1.29 is 19.2 Å².